The maximum absolute atomic E-state index is 12.9. The SMILES string of the molecule is CN(Cc1ncccn1)CC1CCCN(CCc2cccc(C(F)(F)F)c2)C1. The van der Waals surface area contributed by atoms with Gasteiger partial charge in [-0.1, -0.05) is 18.2 Å². The van der Waals surface area contributed by atoms with E-state index < -0.39 is 11.7 Å². The molecule has 152 valence electrons. The van der Waals surface area contributed by atoms with Crippen molar-refractivity contribution in [3.05, 3.63) is 59.7 Å². The van der Waals surface area contributed by atoms with Crippen LogP contribution >= 0.6 is 0 Å². The average molecular weight is 392 g/mol. The first-order chi connectivity index (χ1) is 13.4. The highest BCUT2D eigenvalue weighted by Crippen LogP contribution is 2.29. The van der Waals surface area contributed by atoms with E-state index in [1.165, 1.54) is 18.6 Å². The summed E-state index contributed by atoms with van der Waals surface area (Å²) in [6.07, 6.45) is 2.19. The Balaban J connectivity index is 1.47. The second-order valence-corrected chi connectivity index (χ2v) is 7.62. The lowest BCUT2D eigenvalue weighted by molar-refractivity contribution is -0.137. The van der Waals surface area contributed by atoms with Crippen LogP contribution in [0.5, 0.6) is 0 Å². The van der Waals surface area contributed by atoms with Crippen molar-refractivity contribution in [1.29, 1.82) is 0 Å². The number of alkyl halides is 3. The zero-order chi connectivity index (χ0) is 20.0. The van der Waals surface area contributed by atoms with Gasteiger partial charge in [0.1, 0.15) is 5.82 Å². The number of rotatable bonds is 7. The Morgan fingerprint density at radius 3 is 2.71 bits per heavy atom. The first-order valence-electron chi connectivity index (χ1n) is 9.73. The van der Waals surface area contributed by atoms with Gasteiger partial charge < -0.3 is 4.90 Å². The van der Waals surface area contributed by atoms with Crippen LogP contribution in [0, 0.1) is 5.92 Å². The monoisotopic (exact) mass is 392 g/mol. The summed E-state index contributed by atoms with van der Waals surface area (Å²) < 4.78 is 38.6. The standard InChI is InChI=1S/C21H27F3N4/c1-27(16-20-25-9-4-10-26-20)14-18-6-3-11-28(15-18)12-8-17-5-2-7-19(13-17)21(22,23)24/h2,4-5,7,9-10,13,18H,3,6,8,11-12,14-16H2,1H3. The molecule has 2 aromatic rings. The van der Waals surface area contributed by atoms with Crippen LogP contribution in [0.3, 0.4) is 0 Å². The third-order valence-corrected chi connectivity index (χ3v) is 5.17. The van der Waals surface area contributed by atoms with Gasteiger partial charge in [0, 0.05) is 32.0 Å². The lowest BCUT2D eigenvalue weighted by Gasteiger charge is -2.34. The van der Waals surface area contributed by atoms with Crippen molar-refractivity contribution in [3.8, 4) is 0 Å². The fourth-order valence-corrected chi connectivity index (χ4v) is 3.85. The molecule has 0 aliphatic carbocycles. The summed E-state index contributed by atoms with van der Waals surface area (Å²) in [5, 5.41) is 0. The van der Waals surface area contributed by atoms with Gasteiger partial charge in [0.25, 0.3) is 0 Å². The Bertz CT molecular complexity index is 736. The normalized spacial score (nSPS) is 18.5. The summed E-state index contributed by atoms with van der Waals surface area (Å²) in [7, 11) is 2.08. The summed E-state index contributed by atoms with van der Waals surface area (Å²) in [5.41, 5.74) is 0.182. The van der Waals surface area contributed by atoms with Gasteiger partial charge in [0.2, 0.25) is 0 Å². The van der Waals surface area contributed by atoms with Gasteiger partial charge in [-0.3, -0.25) is 4.90 Å². The molecule has 3 rings (SSSR count). The highest BCUT2D eigenvalue weighted by molar-refractivity contribution is 5.25. The molecule has 1 aliphatic heterocycles. The average Bonchev–Trinajstić information content (AvgIpc) is 2.67. The topological polar surface area (TPSA) is 32.3 Å². The second-order valence-electron chi connectivity index (χ2n) is 7.62. The molecule has 1 aromatic carbocycles. The molecule has 0 saturated carbocycles. The van der Waals surface area contributed by atoms with E-state index in [0.717, 1.165) is 56.6 Å². The Kier molecular flexibility index (Phi) is 7.02. The van der Waals surface area contributed by atoms with Crippen LogP contribution in [0.1, 0.15) is 29.8 Å². The van der Waals surface area contributed by atoms with E-state index in [9.17, 15) is 13.2 Å². The Hall–Kier alpha value is -1.99. The van der Waals surface area contributed by atoms with Gasteiger partial charge in [-0.15, -0.1) is 0 Å². The molecule has 28 heavy (non-hydrogen) atoms. The van der Waals surface area contributed by atoms with E-state index >= 15 is 0 Å². The number of nitrogens with zero attached hydrogens (tertiary/aromatic N) is 4. The first-order valence-corrected chi connectivity index (χ1v) is 9.73. The molecule has 2 heterocycles. The van der Waals surface area contributed by atoms with Crippen molar-refractivity contribution in [2.75, 3.05) is 33.2 Å². The smallest absolute Gasteiger partial charge is 0.303 e. The van der Waals surface area contributed by atoms with Crippen LogP contribution < -0.4 is 0 Å². The van der Waals surface area contributed by atoms with E-state index in [0.29, 0.717) is 12.3 Å². The van der Waals surface area contributed by atoms with Crippen molar-refractivity contribution in [3.63, 3.8) is 0 Å². The van der Waals surface area contributed by atoms with Crippen molar-refractivity contribution < 1.29 is 13.2 Å². The predicted molar refractivity (Wildman–Crippen MR) is 103 cm³/mol. The van der Waals surface area contributed by atoms with Crippen LogP contribution in [0.25, 0.3) is 0 Å². The summed E-state index contributed by atoms with van der Waals surface area (Å²) in [6, 6.07) is 7.50. The van der Waals surface area contributed by atoms with Crippen molar-refractivity contribution in [2.24, 2.45) is 5.92 Å². The first kappa shape index (κ1) is 20.7. The Morgan fingerprint density at radius 1 is 1.18 bits per heavy atom. The van der Waals surface area contributed by atoms with Gasteiger partial charge in [-0.05, 0) is 56.5 Å². The number of hydrogen-bond donors (Lipinski definition) is 0. The molecule has 7 heteroatoms. The van der Waals surface area contributed by atoms with Crippen LogP contribution in [0.4, 0.5) is 13.2 Å². The zero-order valence-corrected chi connectivity index (χ0v) is 16.2. The highest BCUT2D eigenvalue weighted by atomic mass is 19.4. The third-order valence-electron chi connectivity index (χ3n) is 5.17. The van der Waals surface area contributed by atoms with Gasteiger partial charge in [0.15, 0.2) is 0 Å². The molecular weight excluding hydrogens is 365 g/mol. The van der Waals surface area contributed by atoms with Gasteiger partial charge >= 0.3 is 6.18 Å². The van der Waals surface area contributed by atoms with Crippen molar-refractivity contribution >= 4 is 0 Å². The molecule has 1 fully saturated rings. The highest BCUT2D eigenvalue weighted by Gasteiger charge is 2.30. The van der Waals surface area contributed by atoms with Crippen molar-refractivity contribution in [1.82, 2.24) is 19.8 Å². The van der Waals surface area contributed by atoms with Crippen LogP contribution in [-0.2, 0) is 19.1 Å². The van der Waals surface area contributed by atoms with E-state index in [4.69, 9.17) is 0 Å². The lowest BCUT2D eigenvalue weighted by Crippen LogP contribution is -2.40. The number of piperidine rings is 1. The van der Waals surface area contributed by atoms with Gasteiger partial charge in [-0.25, -0.2) is 9.97 Å². The molecule has 0 radical (unpaired) electrons. The quantitative estimate of drug-likeness (QED) is 0.716. The minimum absolute atomic E-state index is 0.559. The maximum Gasteiger partial charge on any atom is 0.416 e. The molecule has 0 bridgehead atoms. The second kappa shape index (κ2) is 9.47. The van der Waals surface area contributed by atoms with Crippen molar-refractivity contribution in [2.45, 2.75) is 32.0 Å². The molecule has 4 nitrogen and oxygen atoms in total. The summed E-state index contributed by atoms with van der Waals surface area (Å²) in [6.45, 7) is 4.49. The number of hydrogen-bond acceptors (Lipinski definition) is 4. The molecular formula is C21H27F3N4. The summed E-state index contributed by atoms with van der Waals surface area (Å²) >= 11 is 0. The molecule has 0 N–H and O–H groups in total. The lowest BCUT2D eigenvalue weighted by atomic mass is 9.97. The fraction of sp³-hybridized carbons (Fsp3) is 0.524. The number of likely N-dealkylation sites (tertiary alicyclic amines) is 1. The van der Waals surface area contributed by atoms with Gasteiger partial charge in [0.05, 0.1) is 12.1 Å². The van der Waals surface area contributed by atoms with Crippen LogP contribution in [-0.4, -0.2) is 53.0 Å². The molecule has 0 spiro atoms. The van der Waals surface area contributed by atoms with Crippen LogP contribution in [0.2, 0.25) is 0 Å². The van der Waals surface area contributed by atoms with Crippen LogP contribution in [0.15, 0.2) is 42.7 Å². The number of aromatic nitrogens is 2. The summed E-state index contributed by atoms with van der Waals surface area (Å²) in [5.74, 6) is 1.38. The largest absolute Gasteiger partial charge is 0.416 e. The molecule has 1 saturated heterocycles. The molecule has 1 aliphatic rings. The maximum atomic E-state index is 12.9. The molecule has 1 atom stereocenters. The van der Waals surface area contributed by atoms with Gasteiger partial charge in [-0.2, -0.15) is 13.2 Å². The number of benzene rings is 1. The minimum Gasteiger partial charge on any atom is -0.303 e. The molecule has 1 aromatic heterocycles. The minimum atomic E-state index is -4.28. The predicted octanol–water partition coefficient (Wildman–Crippen LogP) is 3.88. The molecule has 0 amide bonds. The third kappa shape index (κ3) is 6.27. The fourth-order valence-electron chi connectivity index (χ4n) is 3.85. The number of halogens is 3. The zero-order valence-electron chi connectivity index (χ0n) is 16.2. The van der Waals surface area contributed by atoms with E-state index in [1.54, 1.807) is 18.5 Å². The Morgan fingerprint density at radius 2 is 1.96 bits per heavy atom. The molecule has 1 unspecified atom stereocenters. The van der Waals surface area contributed by atoms with E-state index in [1.807, 2.05) is 6.07 Å². The van der Waals surface area contributed by atoms with E-state index in [-0.39, 0.29) is 0 Å². The Labute approximate surface area is 164 Å². The summed E-state index contributed by atoms with van der Waals surface area (Å²) in [4.78, 5) is 13.2. The van der Waals surface area contributed by atoms with E-state index in [2.05, 4.69) is 26.8 Å².